The number of nitrogens with zero attached hydrogens (tertiary/aromatic N) is 4. The van der Waals surface area contributed by atoms with Crippen LogP contribution < -0.4 is 5.73 Å². The van der Waals surface area contributed by atoms with Crippen LogP contribution in [-0.2, 0) is 0 Å². The quantitative estimate of drug-likeness (QED) is 0.196. The Morgan fingerprint density at radius 3 is 2.77 bits per heavy atom. The van der Waals surface area contributed by atoms with Gasteiger partial charge in [0.15, 0.2) is 5.84 Å². The summed E-state index contributed by atoms with van der Waals surface area (Å²) in [5, 5.41) is 11.8. The predicted molar refractivity (Wildman–Crippen MR) is 96.8 cm³/mol. The van der Waals surface area contributed by atoms with Crippen molar-refractivity contribution in [3.63, 3.8) is 0 Å². The molecule has 0 saturated carbocycles. The molecule has 2 aromatic carbocycles. The summed E-state index contributed by atoms with van der Waals surface area (Å²) in [6.45, 7) is 0. The maximum atomic E-state index is 14.0. The first-order chi connectivity index (χ1) is 12.7. The van der Waals surface area contributed by atoms with Crippen molar-refractivity contribution >= 4 is 16.9 Å². The molecule has 0 radical (unpaired) electrons. The average molecular weight is 347 g/mol. The number of imidazole rings is 1. The average Bonchev–Trinajstić information content (AvgIpc) is 3.11. The molecule has 26 heavy (non-hydrogen) atoms. The fraction of sp³-hybridized carbons (Fsp3) is 0. The highest BCUT2D eigenvalue weighted by Gasteiger charge is 2.10. The first-order valence-corrected chi connectivity index (χ1v) is 7.84. The summed E-state index contributed by atoms with van der Waals surface area (Å²) in [5.41, 5.74) is 9.76. The molecule has 0 bridgehead atoms. The van der Waals surface area contributed by atoms with Crippen molar-refractivity contribution in [3.05, 3.63) is 78.6 Å². The maximum absolute atomic E-state index is 14.0. The summed E-state index contributed by atoms with van der Waals surface area (Å²) in [7, 11) is 0. The zero-order chi connectivity index (χ0) is 18.1. The number of rotatable bonds is 3. The van der Waals surface area contributed by atoms with Gasteiger partial charge in [0.2, 0.25) is 5.95 Å². The summed E-state index contributed by atoms with van der Waals surface area (Å²) in [6.07, 6.45) is 3.10. The van der Waals surface area contributed by atoms with E-state index in [2.05, 4.69) is 15.1 Å². The molecule has 6 nitrogen and oxygen atoms in total. The van der Waals surface area contributed by atoms with Crippen molar-refractivity contribution in [1.82, 2.24) is 14.5 Å². The third kappa shape index (κ3) is 2.65. The SMILES string of the molecule is NC(=NO)c1ccc2c(c1)ncn2-c1cccc(-c2cccnc2F)c1. The number of nitrogens with two attached hydrogens (primary N) is 1. The Kier molecular flexibility index (Phi) is 3.81. The second kappa shape index (κ2) is 6.29. The first-order valence-electron chi connectivity index (χ1n) is 7.84. The van der Waals surface area contributed by atoms with E-state index in [1.165, 1.54) is 6.20 Å². The van der Waals surface area contributed by atoms with E-state index in [9.17, 15) is 4.39 Å². The zero-order valence-electron chi connectivity index (χ0n) is 13.5. The maximum Gasteiger partial charge on any atom is 0.220 e. The van der Waals surface area contributed by atoms with E-state index >= 15 is 0 Å². The third-order valence-corrected chi connectivity index (χ3v) is 4.15. The number of fused-ring (bicyclic) bond motifs is 1. The Balaban J connectivity index is 1.81. The van der Waals surface area contributed by atoms with Crippen LogP contribution in [0, 0.1) is 5.95 Å². The van der Waals surface area contributed by atoms with Gasteiger partial charge in [0, 0.05) is 23.0 Å². The van der Waals surface area contributed by atoms with E-state index in [1.807, 2.05) is 34.9 Å². The molecule has 0 amide bonds. The van der Waals surface area contributed by atoms with Crippen LogP contribution in [0.15, 0.2) is 72.3 Å². The van der Waals surface area contributed by atoms with Gasteiger partial charge in [-0.2, -0.15) is 4.39 Å². The number of benzene rings is 2. The van der Waals surface area contributed by atoms with Crippen LogP contribution in [0.25, 0.3) is 27.8 Å². The normalized spacial score (nSPS) is 11.8. The van der Waals surface area contributed by atoms with Gasteiger partial charge in [-0.1, -0.05) is 17.3 Å². The van der Waals surface area contributed by atoms with Gasteiger partial charge in [0.05, 0.1) is 11.0 Å². The number of amidine groups is 1. The molecule has 0 spiro atoms. The molecule has 0 atom stereocenters. The molecular weight excluding hydrogens is 333 g/mol. The lowest BCUT2D eigenvalue weighted by Gasteiger charge is -2.08. The predicted octanol–water partition coefficient (Wildman–Crippen LogP) is 3.32. The molecule has 7 heteroatoms. The Labute approximate surface area is 148 Å². The number of aromatic nitrogens is 3. The van der Waals surface area contributed by atoms with E-state index in [0.717, 1.165) is 16.8 Å². The van der Waals surface area contributed by atoms with Crippen molar-refractivity contribution in [3.8, 4) is 16.8 Å². The van der Waals surface area contributed by atoms with Crippen molar-refractivity contribution in [2.24, 2.45) is 10.9 Å². The Morgan fingerprint density at radius 1 is 1.08 bits per heavy atom. The number of hydrogen-bond donors (Lipinski definition) is 2. The molecule has 0 aliphatic rings. The Hall–Kier alpha value is -3.74. The summed E-state index contributed by atoms with van der Waals surface area (Å²) in [6, 6.07) is 16.2. The first kappa shape index (κ1) is 15.8. The van der Waals surface area contributed by atoms with Gasteiger partial charge in [-0.3, -0.25) is 4.57 Å². The van der Waals surface area contributed by atoms with Gasteiger partial charge in [-0.15, -0.1) is 0 Å². The number of halogens is 1. The number of oxime groups is 1. The molecule has 0 fully saturated rings. The molecular formula is C19H14FN5O. The van der Waals surface area contributed by atoms with Crippen LogP contribution in [-0.4, -0.2) is 25.6 Å². The highest BCUT2D eigenvalue weighted by atomic mass is 19.1. The molecule has 0 unspecified atom stereocenters. The van der Waals surface area contributed by atoms with Crippen molar-refractivity contribution in [2.75, 3.05) is 0 Å². The van der Waals surface area contributed by atoms with Crippen LogP contribution in [0.2, 0.25) is 0 Å². The monoisotopic (exact) mass is 347 g/mol. The van der Waals surface area contributed by atoms with Crippen molar-refractivity contribution in [1.29, 1.82) is 0 Å². The fourth-order valence-electron chi connectivity index (χ4n) is 2.86. The lowest BCUT2D eigenvalue weighted by molar-refractivity contribution is 0.318. The van der Waals surface area contributed by atoms with Gasteiger partial charge in [0.25, 0.3) is 0 Å². The summed E-state index contributed by atoms with van der Waals surface area (Å²) in [4.78, 5) is 8.08. The van der Waals surface area contributed by atoms with Gasteiger partial charge in [-0.25, -0.2) is 9.97 Å². The number of hydrogen-bond acceptors (Lipinski definition) is 4. The zero-order valence-corrected chi connectivity index (χ0v) is 13.5. The third-order valence-electron chi connectivity index (χ3n) is 4.15. The highest BCUT2D eigenvalue weighted by molar-refractivity contribution is 5.99. The smallest absolute Gasteiger partial charge is 0.220 e. The van der Waals surface area contributed by atoms with Gasteiger partial charge in [0.1, 0.15) is 6.33 Å². The molecule has 2 heterocycles. The van der Waals surface area contributed by atoms with Crippen LogP contribution in [0.4, 0.5) is 4.39 Å². The Morgan fingerprint density at radius 2 is 1.96 bits per heavy atom. The molecule has 0 saturated heterocycles. The Bertz CT molecular complexity index is 1140. The van der Waals surface area contributed by atoms with E-state index in [0.29, 0.717) is 16.6 Å². The van der Waals surface area contributed by atoms with Crippen LogP contribution in [0.1, 0.15) is 5.56 Å². The van der Waals surface area contributed by atoms with Gasteiger partial charge < -0.3 is 10.9 Å². The second-order valence-corrected chi connectivity index (χ2v) is 5.70. The van der Waals surface area contributed by atoms with E-state index in [-0.39, 0.29) is 5.84 Å². The molecule has 4 aromatic rings. The highest BCUT2D eigenvalue weighted by Crippen LogP contribution is 2.26. The molecule has 0 aliphatic heterocycles. The molecule has 2 aromatic heterocycles. The van der Waals surface area contributed by atoms with Crippen LogP contribution in [0.5, 0.6) is 0 Å². The second-order valence-electron chi connectivity index (χ2n) is 5.70. The minimum absolute atomic E-state index is 0.0236. The van der Waals surface area contributed by atoms with Crippen LogP contribution >= 0.6 is 0 Å². The minimum atomic E-state index is -0.511. The molecule has 3 N–H and O–H groups in total. The van der Waals surface area contributed by atoms with Crippen LogP contribution in [0.3, 0.4) is 0 Å². The topological polar surface area (TPSA) is 89.3 Å². The van der Waals surface area contributed by atoms with Crippen molar-refractivity contribution < 1.29 is 9.60 Å². The van der Waals surface area contributed by atoms with E-state index in [1.54, 1.807) is 30.6 Å². The summed E-state index contributed by atoms with van der Waals surface area (Å²) < 4.78 is 15.9. The summed E-state index contributed by atoms with van der Waals surface area (Å²) in [5.74, 6) is -0.487. The minimum Gasteiger partial charge on any atom is -0.409 e. The van der Waals surface area contributed by atoms with Gasteiger partial charge in [-0.05, 0) is 48.0 Å². The number of pyridine rings is 1. The lowest BCUT2D eigenvalue weighted by Crippen LogP contribution is -2.12. The van der Waals surface area contributed by atoms with E-state index < -0.39 is 5.95 Å². The largest absolute Gasteiger partial charge is 0.409 e. The standard InChI is InChI=1S/C19H14FN5O/c20-18-15(5-2-8-22-18)12-3-1-4-14(9-12)25-11-23-16-10-13(19(21)24-26)6-7-17(16)25/h1-11,26H,(H2,21,24). The fourth-order valence-corrected chi connectivity index (χ4v) is 2.86. The lowest BCUT2D eigenvalue weighted by atomic mass is 10.1. The summed E-state index contributed by atoms with van der Waals surface area (Å²) >= 11 is 0. The van der Waals surface area contributed by atoms with Gasteiger partial charge >= 0.3 is 0 Å². The molecule has 128 valence electrons. The van der Waals surface area contributed by atoms with Crippen molar-refractivity contribution in [2.45, 2.75) is 0 Å². The van der Waals surface area contributed by atoms with E-state index in [4.69, 9.17) is 10.9 Å². The molecule has 0 aliphatic carbocycles. The molecule has 4 rings (SSSR count).